The van der Waals surface area contributed by atoms with Crippen molar-refractivity contribution in [2.24, 2.45) is 23.7 Å². The molecular weight excluding hydrogens is 292 g/mol. The zero-order valence-electron chi connectivity index (χ0n) is 16.7. The van der Waals surface area contributed by atoms with Crippen molar-refractivity contribution in [2.45, 2.75) is 74.3 Å². The van der Waals surface area contributed by atoms with Gasteiger partial charge in [0.25, 0.3) is 0 Å². The van der Waals surface area contributed by atoms with E-state index in [9.17, 15) is 0 Å². The molecule has 0 radical (unpaired) electrons. The molecule has 134 valence electrons. The normalized spacial score (nSPS) is 13.9. The van der Waals surface area contributed by atoms with Crippen LogP contribution < -0.4 is 0 Å². The Morgan fingerprint density at radius 2 is 0.909 bits per heavy atom. The molecule has 0 N–H and O–H groups in total. The first-order valence-electron chi connectivity index (χ1n) is 8.86. The standard InChI is InChI=1S/C18H40O3Si/c1-14(2)11-19-22(20-12-15(3)4,21-13-16(5)6)18(9,10)17(7)8/h14-17H,11-13H2,1-10H3. The summed E-state index contributed by atoms with van der Waals surface area (Å²) >= 11 is 0. The van der Waals surface area contributed by atoms with Crippen molar-refractivity contribution in [3.05, 3.63) is 0 Å². The Morgan fingerprint density at radius 1 is 0.636 bits per heavy atom. The summed E-state index contributed by atoms with van der Waals surface area (Å²) in [6, 6.07) is 0. The largest absolute Gasteiger partial charge is 0.507 e. The van der Waals surface area contributed by atoms with Gasteiger partial charge in [0.1, 0.15) is 0 Å². The zero-order valence-corrected chi connectivity index (χ0v) is 17.7. The van der Waals surface area contributed by atoms with Crippen LogP contribution in [0.3, 0.4) is 0 Å². The van der Waals surface area contributed by atoms with Gasteiger partial charge in [-0.1, -0.05) is 69.2 Å². The van der Waals surface area contributed by atoms with Gasteiger partial charge in [-0.05, 0) is 23.7 Å². The molecule has 0 aromatic carbocycles. The second kappa shape index (κ2) is 9.41. The first-order chi connectivity index (χ1) is 9.94. The molecule has 0 aliphatic carbocycles. The molecule has 0 saturated heterocycles. The molecule has 0 amide bonds. The highest BCUT2D eigenvalue weighted by atomic mass is 28.4. The van der Waals surface area contributed by atoms with E-state index in [4.69, 9.17) is 13.3 Å². The molecular formula is C18H40O3Si. The molecule has 0 aromatic rings. The van der Waals surface area contributed by atoms with Gasteiger partial charge in [-0.15, -0.1) is 0 Å². The monoisotopic (exact) mass is 332 g/mol. The Labute approximate surface area is 140 Å². The first-order valence-corrected chi connectivity index (χ1v) is 10.6. The van der Waals surface area contributed by atoms with Crippen molar-refractivity contribution in [3.8, 4) is 0 Å². The molecule has 4 heteroatoms. The summed E-state index contributed by atoms with van der Waals surface area (Å²) in [5, 5.41) is -0.105. The summed E-state index contributed by atoms with van der Waals surface area (Å²) in [6.07, 6.45) is 0. The molecule has 0 rings (SSSR count). The third kappa shape index (κ3) is 6.69. The molecule has 3 nitrogen and oxygen atoms in total. The van der Waals surface area contributed by atoms with Gasteiger partial charge in [0, 0.05) is 24.9 Å². The molecule has 0 atom stereocenters. The van der Waals surface area contributed by atoms with Crippen molar-refractivity contribution < 1.29 is 13.3 Å². The Balaban J connectivity index is 5.46. The minimum absolute atomic E-state index is 0.105. The Kier molecular flexibility index (Phi) is 9.45. The second-order valence-electron chi connectivity index (χ2n) is 8.55. The Bertz CT molecular complexity index is 267. The Hall–Kier alpha value is 0.0969. The maximum Gasteiger partial charge on any atom is 0.507 e. The molecule has 0 fully saturated rings. The van der Waals surface area contributed by atoms with Crippen molar-refractivity contribution >= 4 is 8.80 Å². The number of hydrogen-bond acceptors (Lipinski definition) is 3. The van der Waals surface area contributed by atoms with Crippen LogP contribution in [0.2, 0.25) is 5.04 Å². The third-order valence-corrected chi connectivity index (χ3v) is 7.85. The van der Waals surface area contributed by atoms with Gasteiger partial charge in [-0.2, -0.15) is 0 Å². The Morgan fingerprint density at radius 3 is 1.09 bits per heavy atom. The van der Waals surface area contributed by atoms with Crippen LogP contribution in [-0.4, -0.2) is 28.6 Å². The van der Waals surface area contributed by atoms with Crippen molar-refractivity contribution in [3.63, 3.8) is 0 Å². The van der Waals surface area contributed by atoms with Gasteiger partial charge in [0.05, 0.1) is 0 Å². The fraction of sp³-hybridized carbons (Fsp3) is 1.00. The predicted molar refractivity (Wildman–Crippen MR) is 97.0 cm³/mol. The second-order valence-corrected chi connectivity index (χ2v) is 11.8. The number of rotatable bonds is 11. The van der Waals surface area contributed by atoms with Crippen LogP contribution in [0.5, 0.6) is 0 Å². The van der Waals surface area contributed by atoms with Crippen LogP contribution in [0.25, 0.3) is 0 Å². The van der Waals surface area contributed by atoms with E-state index in [1.54, 1.807) is 0 Å². The highest BCUT2D eigenvalue weighted by Gasteiger charge is 2.57. The van der Waals surface area contributed by atoms with E-state index >= 15 is 0 Å². The highest BCUT2D eigenvalue weighted by Crippen LogP contribution is 2.46. The minimum Gasteiger partial charge on any atom is -0.373 e. The van der Waals surface area contributed by atoms with Gasteiger partial charge >= 0.3 is 8.80 Å². The lowest BCUT2D eigenvalue weighted by atomic mass is 9.99. The van der Waals surface area contributed by atoms with E-state index in [-0.39, 0.29) is 5.04 Å². The van der Waals surface area contributed by atoms with Gasteiger partial charge < -0.3 is 13.3 Å². The van der Waals surface area contributed by atoms with Gasteiger partial charge in [0.15, 0.2) is 0 Å². The summed E-state index contributed by atoms with van der Waals surface area (Å²) in [6.45, 7) is 24.1. The van der Waals surface area contributed by atoms with E-state index < -0.39 is 8.80 Å². The highest BCUT2D eigenvalue weighted by molar-refractivity contribution is 6.64. The lowest BCUT2D eigenvalue weighted by Crippen LogP contribution is -2.57. The zero-order chi connectivity index (χ0) is 17.6. The van der Waals surface area contributed by atoms with Gasteiger partial charge in [0.2, 0.25) is 0 Å². The van der Waals surface area contributed by atoms with E-state index in [0.717, 1.165) is 0 Å². The summed E-state index contributed by atoms with van der Waals surface area (Å²) in [7, 11) is -2.77. The molecule has 0 aromatic heterocycles. The van der Waals surface area contributed by atoms with Crippen LogP contribution in [-0.2, 0) is 13.3 Å². The lowest BCUT2D eigenvalue weighted by molar-refractivity contribution is 0.0105. The molecule has 0 unspecified atom stereocenters. The van der Waals surface area contributed by atoms with Crippen LogP contribution in [0.1, 0.15) is 69.2 Å². The topological polar surface area (TPSA) is 27.7 Å². The summed E-state index contributed by atoms with van der Waals surface area (Å²) < 4.78 is 19.2. The van der Waals surface area contributed by atoms with Crippen molar-refractivity contribution in [1.82, 2.24) is 0 Å². The molecule has 22 heavy (non-hydrogen) atoms. The van der Waals surface area contributed by atoms with Crippen LogP contribution in [0, 0.1) is 23.7 Å². The molecule has 0 bridgehead atoms. The van der Waals surface area contributed by atoms with Crippen molar-refractivity contribution in [1.29, 1.82) is 0 Å². The van der Waals surface area contributed by atoms with Crippen LogP contribution in [0.4, 0.5) is 0 Å². The fourth-order valence-electron chi connectivity index (χ4n) is 1.87. The smallest absolute Gasteiger partial charge is 0.373 e. The average Bonchev–Trinajstić information content (AvgIpc) is 2.37. The van der Waals surface area contributed by atoms with E-state index in [2.05, 4.69) is 69.2 Å². The molecule has 0 aliphatic heterocycles. The first kappa shape index (κ1) is 22.1. The fourth-order valence-corrected chi connectivity index (χ4v) is 5.60. The van der Waals surface area contributed by atoms with Crippen LogP contribution >= 0.6 is 0 Å². The van der Waals surface area contributed by atoms with E-state index in [1.807, 2.05) is 0 Å². The predicted octanol–water partition coefficient (Wildman–Crippen LogP) is 5.38. The average molecular weight is 333 g/mol. The number of hydrogen-bond donors (Lipinski definition) is 0. The van der Waals surface area contributed by atoms with E-state index in [0.29, 0.717) is 43.5 Å². The summed E-state index contributed by atoms with van der Waals surface area (Å²) in [5.74, 6) is 1.85. The maximum absolute atomic E-state index is 6.41. The molecule has 0 heterocycles. The maximum atomic E-state index is 6.41. The van der Waals surface area contributed by atoms with Gasteiger partial charge in [-0.3, -0.25) is 0 Å². The summed E-state index contributed by atoms with van der Waals surface area (Å²) in [4.78, 5) is 0. The molecule has 0 spiro atoms. The SMILES string of the molecule is CC(C)CO[Si](OCC(C)C)(OCC(C)C)C(C)(C)C(C)C. The molecule has 0 aliphatic rings. The third-order valence-electron chi connectivity index (χ3n) is 4.05. The van der Waals surface area contributed by atoms with E-state index in [1.165, 1.54) is 0 Å². The minimum atomic E-state index is -2.77. The van der Waals surface area contributed by atoms with Crippen molar-refractivity contribution in [2.75, 3.05) is 19.8 Å². The van der Waals surface area contributed by atoms with Gasteiger partial charge in [-0.25, -0.2) is 0 Å². The summed E-state index contributed by atoms with van der Waals surface area (Å²) in [5.41, 5.74) is 0. The lowest BCUT2D eigenvalue weighted by Gasteiger charge is -2.44. The molecule has 0 saturated carbocycles. The van der Waals surface area contributed by atoms with Crippen LogP contribution in [0.15, 0.2) is 0 Å². The quantitative estimate of drug-likeness (QED) is 0.475.